The number of anilines is 1. The molecule has 3 aromatic rings. The van der Waals surface area contributed by atoms with Crippen molar-refractivity contribution in [2.45, 2.75) is 4.90 Å². The smallest absolute Gasteiger partial charge is 0.262 e. The van der Waals surface area contributed by atoms with Crippen LogP contribution in [0.4, 0.5) is 23.2 Å². The second-order valence-corrected chi connectivity index (χ2v) is 6.28. The Morgan fingerprint density at radius 2 is 1.88 bits per heavy atom. The van der Waals surface area contributed by atoms with Crippen LogP contribution in [0.2, 0.25) is 0 Å². The Hall–Kier alpha value is -2.75. The molecule has 0 aliphatic carbocycles. The SMILES string of the molecule is C=C1Sc2cc(F)c(-n3c(=O)cc(F)n4ccnc34)cc2N1C.FCF. The largest absolute Gasteiger partial charge is 0.339 e. The van der Waals surface area contributed by atoms with E-state index in [4.69, 9.17) is 0 Å². The number of benzene rings is 1. The molecule has 0 spiro atoms. The zero-order valence-corrected chi connectivity index (χ0v) is 14.2. The normalized spacial score (nSPS) is 13.0. The van der Waals surface area contributed by atoms with E-state index < -0.39 is 24.3 Å². The Bertz CT molecular complexity index is 1060. The van der Waals surface area contributed by atoms with Gasteiger partial charge in [-0.15, -0.1) is 0 Å². The molecule has 0 bridgehead atoms. The average Bonchev–Trinajstić information content (AvgIpc) is 3.15. The number of halogens is 4. The van der Waals surface area contributed by atoms with Crippen molar-refractivity contribution in [1.82, 2.24) is 14.0 Å². The first kappa shape index (κ1) is 18.1. The van der Waals surface area contributed by atoms with Gasteiger partial charge < -0.3 is 4.90 Å². The summed E-state index contributed by atoms with van der Waals surface area (Å²) in [4.78, 5) is 18.7. The first-order valence-corrected chi connectivity index (χ1v) is 8.01. The summed E-state index contributed by atoms with van der Waals surface area (Å²) in [7, 11) is 1.81. The lowest BCUT2D eigenvalue weighted by Gasteiger charge is -2.15. The minimum absolute atomic E-state index is 0.0148. The summed E-state index contributed by atoms with van der Waals surface area (Å²) in [6.45, 7) is 2.13. The predicted octanol–water partition coefficient (Wildman–Crippen LogP) is 3.66. The third-order valence-corrected chi connectivity index (χ3v) is 4.80. The van der Waals surface area contributed by atoms with Crippen LogP contribution in [0.5, 0.6) is 0 Å². The molecule has 26 heavy (non-hydrogen) atoms. The van der Waals surface area contributed by atoms with Crippen LogP contribution in [-0.2, 0) is 0 Å². The van der Waals surface area contributed by atoms with Crippen LogP contribution in [0.3, 0.4) is 0 Å². The van der Waals surface area contributed by atoms with Crippen molar-refractivity contribution in [3.8, 4) is 5.69 Å². The molecule has 1 aliphatic rings. The van der Waals surface area contributed by atoms with Gasteiger partial charge >= 0.3 is 0 Å². The van der Waals surface area contributed by atoms with E-state index in [-0.39, 0.29) is 11.5 Å². The average molecular weight is 384 g/mol. The van der Waals surface area contributed by atoms with Gasteiger partial charge in [-0.3, -0.25) is 9.20 Å². The molecule has 5 nitrogen and oxygen atoms in total. The standard InChI is InChI=1S/C15H10F2N4OS.CH2F2/c1-8-19(2)11-6-10(9(16)5-12(11)23-8)21-14(22)7-13(17)20-4-3-18-15(20)21;2-1-3/h3-7H,1H2,2H3;1H2. The molecule has 0 N–H and O–H groups in total. The van der Waals surface area contributed by atoms with Gasteiger partial charge in [0.25, 0.3) is 5.56 Å². The Kier molecular flexibility index (Phi) is 4.77. The summed E-state index contributed by atoms with van der Waals surface area (Å²) in [5, 5.41) is 0.758. The van der Waals surface area contributed by atoms with Crippen LogP contribution in [0.15, 0.2) is 51.9 Å². The van der Waals surface area contributed by atoms with Crippen molar-refractivity contribution in [2.24, 2.45) is 0 Å². The fraction of sp³-hybridized carbons (Fsp3) is 0.125. The highest BCUT2D eigenvalue weighted by atomic mass is 32.2. The van der Waals surface area contributed by atoms with Crippen LogP contribution in [0.25, 0.3) is 11.5 Å². The summed E-state index contributed by atoms with van der Waals surface area (Å²) < 4.78 is 49.7. The van der Waals surface area contributed by atoms with Gasteiger partial charge in [-0.25, -0.2) is 22.7 Å². The minimum atomic E-state index is -1.75. The highest BCUT2D eigenvalue weighted by Crippen LogP contribution is 2.45. The highest BCUT2D eigenvalue weighted by molar-refractivity contribution is 8.03. The first-order valence-electron chi connectivity index (χ1n) is 7.20. The molecular weight excluding hydrogens is 372 g/mol. The molecule has 0 radical (unpaired) electrons. The quantitative estimate of drug-likeness (QED) is 0.474. The highest BCUT2D eigenvalue weighted by Gasteiger charge is 2.24. The number of nitrogens with zero attached hydrogens (tertiary/aromatic N) is 4. The molecule has 0 amide bonds. The third kappa shape index (κ3) is 2.85. The zero-order valence-electron chi connectivity index (χ0n) is 13.4. The first-order chi connectivity index (χ1) is 12.4. The summed E-state index contributed by atoms with van der Waals surface area (Å²) in [5.41, 5.74) is 0.0663. The number of hydrogen-bond acceptors (Lipinski definition) is 4. The van der Waals surface area contributed by atoms with Crippen LogP contribution >= 0.6 is 11.8 Å². The van der Waals surface area contributed by atoms with E-state index in [2.05, 4.69) is 11.6 Å². The molecule has 136 valence electrons. The van der Waals surface area contributed by atoms with Gasteiger partial charge in [0, 0.05) is 24.3 Å². The summed E-state index contributed by atoms with van der Waals surface area (Å²) in [5.74, 6) is -1.32. The Balaban J connectivity index is 0.000000613. The van der Waals surface area contributed by atoms with Crippen molar-refractivity contribution in [1.29, 1.82) is 0 Å². The summed E-state index contributed by atoms with van der Waals surface area (Å²) >= 11 is 1.35. The summed E-state index contributed by atoms with van der Waals surface area (Å²) in [6.07, 6.45) is 2.72. The van der Waals surface area contributed by atoms with Crippen molar-refractivity contribution < 1.29 is 17.6 Å². The molecule has 10 heteroatoms. The van der Waals surface area contributed by atoms with E-state index in [1.807, 2.05) is 0 Å². The molecule has 1 aliphatic heterocycles. The summed E-state index contributed by atoms with van der Waals surface area (Å²) in [6, 6.07) is 3.70. The lowest BCUT2D eigenvalue weighted by atomic mass is 10.2. The lowest BCUT2D eigenvalue weighted by Crippen LogP contribution is -2.23. The van der Waals surface area contributed by atoms with E-state index in [1.165, 1.54) is 30.2 Å². The number of thioether (sulfide) groups is 1. The van der Waals surface area contributed by atoms with Crippen LogP contribution < -0.4 is 10.5 Å². The van der Waals surface area contributed by atoms with Gasteiger partial charge in [0.1, 0.15) is 5.82 Å². The molecule has 3 heterocycles. The van der Waals surface area contributed by atoms with Gasteiger partial charge in [-0.1, -0.05) is 18.3 Å². The lowest BCUT2D eigenvalue weighted by molar-refractivity contribution is 0.295. The van der Waals surface area contributed by atoms with Crippen molar-refractivity contribution in [3.05, 3.63) is 64.3 Å². The number of rotatable bonds is 1. The van der Waals surface area contributed by atoms with Gasteiger partial charge in [0.2, 0.25) is 18.7 Å². The molecule has 4 rings (SSSR count). The molecule has 0 unspecified atom stereocenters. The number of fused-ring (bicyclic) bond motifs is 2. The van der Waals surface area contributed by atoms with Crippen molar-refractivity contribution >= 4 is 23.2 Å². The molecule has 2 aromatic heterocycles. The molecule has 1 aromatic carbocycles. The zero-order chi connectivity index (χ0) is 19.0. The molecule has 0 saturated heterocycles. The topological polar surface area (TPSA) is 42.5 Å². The van der Waals surface area contributed by atoms with E-state index in [0.717, 1.165) is 25.8 Å². The maximum absolute atomic E-state index is 14.5. The van der Waals surface area contributed by atoms with E-state index in [1.54, 1.807) is 18.0 Å². The predicted molar refractivity (Wildman–Crippen MR) is 91.2 cm³/mol. The second kappa shape index (κ2) is 6.87. The van der Waals surface area contributed by atoms with Crippen molar-refractivity contribution in [3.63, 3.8) is 0 Å². The number of hydrogen-bond donors (Lipinski definition) is 0. The number of imidazole rings is 1. The number of aromatic nitrogens is 3. The second-order valence-electron chi connectivity index (χ2n) is 5.17. The van der Waals surface area contributed by atoms with Gasteiger partial charge in [0.15, 0.2) is 0 Å². The van der Waals surface area contributed by atoms with Crippen LogP contribution in [0, 0.1) is 11.8 Å². The Morgan fingerprint density at radius 1 is 1.19 bits per heavy atom. The monoisotopic (exact) mass is 384 g/mol. The van der Waals surface area contributed by atoms with Crippen molar-refractivity contribution in [2.75, 3.05) is 18.9 Å². The molecule has 0 atom stereocenters. The maximum Gasteiger partial charge on any atom is 0.262 e. The van der Waals surface area contributed by atoms with Gasteiger partial charge in [-0.2, -0.15) is 4.39 Å². The Labute approximate surface area is 149 Å². The molecule has 0 saturated carbocycles. The maximum atomic E-state index is 14.5. The Morgan fingerprint density at radius 3 is 2.58 bits per heavy atom. The molecule has 0 fully saturated rings. The van der Waals surface area contributed by atoms with Gasteiger partial charge in [-0.05, 0) is 12.1 Å². The van der Waals surface area contributed by atoms with Crippen LogP contribution in [-0.4, -0.2) is 27.9 Å². The number of alkyl halides is 2. The fourth-order valence-electron chi connectivity index (χ4n) is 2.57. The minimum Gasteiger partial charge on any atom is -0.339 e. The van der Waals surface area contributed by atoms with E-state index in [0.29, 0.717) is 4.90 Å². The van der Waals surface area contributed by atoms with E-state index >= 15 is 0 Å². The third-order valence-electron chi connectivity index (χ3n) is 3.75. The fourth-order valence-corrected chi connectivity index (χ4v) is 3.52. The van der Waals surface area contributed by atoms with Gasteiger partial charge in [0.05, 0.1) is 22.5 Å². The molecular formula is C16H12F4N4OS. The van der Waals surface area contributed by atoms with E-state index in [9.17, 15) is 22.4 Å². The van der Waals surface area contributed by atoms with Crippen LogP contribution in [0.1, 0.15) is 0 Å².